The first-order valence-electron chi connectivity index (χ1n) is 15.3. The Hall–Kier alpha value is -3.58. The minimum atomic E-state index is -4.11. The molecule has 0 unspecified atom stereocenters. The number of amides is 3. The lowest BCUT2D eigenvalue weighted by atomic mass is 10.00. The van der Waals surface area contributed by atoms with Crippen molar-refractivity contribution in [2.45, 2.75) is 83.7 Å². The monoisotopic (exact) mass is 647 g/mol. The zero-order chi connectivity index (χ0) is 33.1. The Bertz CT molecular complexity index is 1610. The number of ether oxygens (including phenoxy) is 1. The summed E-state index contributed by atoms with van der Waals surface area (Å²) in [6.07, 6.45) is 2.28. The molecule has 4 rings (SSSR count). The van der Waals surface area contributed by atoms with E-state index in [0.29, 0.717) is 31.7 Å². The first-order valence-corrected chi connectivity index (χ1v) is 16.7. The summed E-state index contributed by atoms with van der Waals surface area (Å²) in [6.45, 7) is 9.87. The maximum absolute atomic E-state index is 14.6. The van der Waals surface area contributed by atoms with Gasteiger partial charge in [-0.1, -0.05) is 13.8 Å². The standard InChI is InChI=1S/C32H43F2N5O5S/c1-21(2)7-14-29(40)39(31(41)35-22(3)4)24-8-11-26(12-9-24)45(42,43)37(6)25-10-13-28-27(19-25)36-30(32(5,33)34)38(28)20-23-15-17-44-18-16-23/h8-13,19,21-23H,7,14-18,20H2,1-6H3,(H,35,41). The normalized spacial score (nSPS) is 14.7. The number of rotatable bonds is 11. The number of benzene rings is 2. The van der Waals surface area contributed by atoms with Crippen LogP contribution in [0.4, 0.5) is 25.0 Å². The van der Waals surface area contributed by atoms with Crippen LogP contribution in [0.3, 0.4) is 0 Å². The topological polar surface area (TPSA) is 114 Å². The number of alkyl halides is 2. The summed E-state index contributed by atoms with van der Waals surface area (Å²) in [6, 6.07) is 9.39. The molecule has 1 N–H and O–H groups in total. The van der Waals surface area contributed by atoms with Gasteiger partial charge in [-0.05, 0) is 87.4 Å². The molecular weight excluding hydrogens is 604 g/mol. The van der Waals surface area contributed by atoms with Crippen molar-refractivity contribution in [3.63, 3.8) is 0 Å². The molecule has 3 aromatic rings. The van der Waals surface area contributed by atoms with E-state index in [2.05, 4.69) is 10.3 Å². The third-order valence-corrected chi connectivity index (χ3v) is 9.62. The lowest BCUT2D eigenvalue weighted by molar-refractivity contribution is -0.118. The van der Waals surface area contributed by atoms with E-state index < -0.39 is 27.9 Å². The molecule has 1 aliphatic rings. The highest BCUT2D eigenvalue weighted by Crippen LogP contribution is 2.34. The van der Waals surface area contributed by atoms with Crippen LogP contribution in [0.5, 0.6) is 0 Å². The fourth-order valence-electron chi connectivity index (χ4n) is 5.30. The number of imidazole rings is 1. The van der Waals surface area contributed by atoms with E-state index in [-0.39, 0.29) is 51.9 Å². The van der Waals surface area contributed by atoms with Gasteiger partial charge in [0.15, 0.2) is 5.82 Å². The fraction of sp³-hybridized carbons (Fsp3) is 0.531. The van der Waals surface area contributed by atoms with Gasteiger partial charge >= 0.3 is 12.0 Å². The van der Waals surface area contributed by atoms with Crippen molar-refractivity contribution in [3.05, 3.63) is 48.3 Å². The number of urea groups is 1. The number of aromatic nitrogens is 2. The summed E-state index contributed by atoms with van der Waals surface area (Å²) in [4.78, 5) is 31.2. The van der Waals surface area contributed by atoms with Gasteiger partial charge in [-0.15, -0.1) is 0 Å². The molecule has 1 fully saturated rings. The molecular formula is C32H43F2N5O5S. The van der Waals surface area contributed by atoms with Crippen molar-refractivity contribution in [3.8, 4) is 0 Å². The smallest absolute Gasteiger partial charge is 0.328 e. The van der Waals surface area contributed by atoms with Gasteiger partial charge in [0.2, 0.25) is 5.91 Å². The van der Waals surface area contributed by atoms with Crippen LogP contribution in [-0.2, 0) is 32.0 Å². The fourth-order valence-corrected chi connectivity index (χ4v) is 6.48. The highest BCUT2D eigenvalue weighted by molar-refractivity contribution is 7.92. The van der Waals surface area contributed by atoms with Crippen LogP contribution in [0.1, 0.15) is 66.1 Å². The lowest BCUT2D eigenvalue weighted by Crippen LogP contribution is -2.46. The number of anilines is 2. The van der Waals surface area contributed by atoms with Crippen molar-refractivity contribution < 1.29 is 31.5 Å². The Morgan fingerprint density at radius 2 is 1.69 bits per heavy atom. The Labute approximate surface area is 263 Å². The quantitative estimate of drug-likeness (QED) is 0.262. The van der Waals surface area contributed by atoms with Crippen molar-refractivity contribution in [1.82, 2.24) is 14.9 Å². The third-order valence-electron chi connectivity index (χ3n) is 7.82. The summed E-state index contributed by atoms with van der Waals surface area (Å²) in [5.41, 5.74) is 1.25. The van der Waals surface area contributed by atoms with E-state index in [4.69, 9.17) is 4.74 Å². The van der Waals surface area contributed by atoms with Crippen LogP contribution in [0.25, 0.3) is 11.0 Å². The molecule has 2 aromatic carbocycles. The molecule has 246 valence electrons. The van der Waals surface area contributed by atoms with Crippen LogP contribution in [0, 0.1) is 11.8 Å². The summed E-state index contributed by atoms with van der Waals surface area (Å²) < 4.78 is 64.6. The van der Waals surface area contributed by atoms with Gasteiger partial charge in [-0.3, -0.25) is 9.10 Å². The van der Waals surface area contributed by atoms with Gasteiger partial charge in [0, 0.05) is 46.2 Å². The number of sulfonamides is 1. The van der Waals surface area contributed by atoms with Crippen LogP contribution in [0.2, 0.25) is 0 Å². The Morgan fingerprint density at radius 1 is 1.07 bits per heavy atom. The van der Waals surface area contributed by atoms with Crippen molar-refractivity contribution in [1.29, 1.82) is 0 Å². The third kappa shape index (κ3) is 7.99. The average molecular weight is 648 g/mol. The number of halogens is 2. The Kier molecular flexibility index (Phi) is 10.5. The molecule has 0 saturated carbocycles. The van der Waals surface area contributed by atoms with Crippen molar-refractivity contribution >= 4 is 44.4 Å². The number of fused-ring (bicyclic) bond motifs is 1. The maximum Gasteiger partial charge on any atom is 0.328 e. The van der Waals surface area contributed by atoms with Gasteiger partial charge in [0.25, 0.3) is 10.0 Å². The molecule has 1 aromatic heterocycles. The summed E-state index contributed by atoms with van der Waals surface area (Å²) >= 11 is 0. The number of carbonyl (C=O) groups is 2. The average Bonchev–Trinajstić information content (AvgIpc) is 3.34. The highest BCUT2D eigenvalue weighted by atomic mass is 32.2. The first-order chi connectivity index (χ1) is 21.1. The van der Waals surface area contributed by atoms with Gasteiger partial charge in [0.1, 0.15) is 0 Å². The molecule has 45 heavy (non-hydrogen) atoms. The highest BCUT2D eigenvalue weighted by Gasteiger charge is 2.33. The van der Waals surface area contributed by atoms with E-state index in [9.17, 15) is 26.8 Å². The van der Waals surface area contributed by atoms with Crippen LogP contribution in [-0.4, -0.2) is 56.2 Å². The number of hydrogen-bond acceptors (Lipinski definition) is 6. The van der Waals surface area contributed by atoms with Gasteiger partial charge < -0.3 is 14.6 Å². The molecule has 13 heteroatoms. The van der Waals surface area contributed by atoms with Crippen LogP contribution < -0.4 is 14.5 Å². The predicted octanol–water partition coefficient (Wildman–Crippen LogP) is 6.29. The van der Waals surface area contributed by atoms with E-state index in [1.165, 1.54) is 41.9 Å². The van der Waals surface area contributed by atoms with E-state index in [1.807, 2.05) is 13.8 Å². The Morgan fingerprint density at radius 3 is 2.27 bits per heavy atom. The molecule has 0 bridgehead atoms. The second-order valence-electron chi connectivity index (χ2n) is 12.4. The molecule has 0 atom stereocenters. The number of carbonyl (C=O) groups excluding carboxylic acids is 2. The van der Waals surface area contributed by atoms with Crippen molar-refractivity contribution in [2.24, 2.45) is 11.8 Å². The van der Waals surface area contributed by atoms with Crippen molar-refractivity contribution in [2.75, 3.05) is 29.5 Å². The number of nitrogens with one attached hydrogen (secondary N) is 1. The van der Waals surface area contributed by atoms with Gasteiger partial charge in [-0.25, -0.2) is 23.1 Å². The molecule has 0 aliphatic carbocycles. The number of hydrogen-bond donors (Lipinski definition) is 1. The molecule has 3 amide bonds. The number of nitrogens with zero attached hydrogens (tertiary/aromatic N) is 4. The zero-order valence-electron chi connectivity index (χ0n) is 26.7. The molecule has 1 aliphatic heterocycles. The maximum atomic E-state index is 14.6. The summed E-state index contributed by atoms with van der Waals surface area (Å²) in [5, 5.41) is 2.73. The van der Waals surface area contributed by atoms with Gasteiger partial charge in [0.05, 0.1) is 27.3 Å². The first kappa shape index (κ1) is 34.3. The lowest BCUT2D eigenvalue weighted by Gasteiger charge is -2.24. The molecule has 1 saturated heterocycles. The summed E-state index contributed by atoms with van der Waals surface area (Å²) in [7, 11) is -2.73. The largest absolute Gasteiger partial charge is 0.381 e. The number of imide groups is 1. The minimum absolute atomic E-state index is 0.0708. The van der Waals surface area contributed by atoms with E-state index in [1.54, 1.807) is 26.0 Å². The van der Waals surface area contributed by atoms with Crippen LogP contribution >= 0.6 is 0 Å². The van der Waals surface area contributed by atoms with E-state index >= 15 is 0 Å². The molecule has 0 spiro atoms. The second-order valence-corrected chi connectivity index (χ2v) is 14.4. The Balaban J connectivity index is 1.62. The predicted molar refractivity (Wildman–Crippen MR) is 170 cm³/mol. The molecule has 10 nitrogen and oxygen atoms in total. The van der Waals surface area contributed by atoms with Crippen LogP contribution in [0.15, 0.2) is 47.4 Å². The van der Waals surface area contributed by atoms with E-state index in [0.717, 1.165) is 29.0 Å². The summed E-state index contributed by atoms with van der Waals surface area (Å²) in [5.74, 6) is -3.52. The molecule has 2 heterocycles. The zero-order valence-corrected chi connectivity index (χ0v) is 27.5. The second kappa shape index (κ2) is 13.8. The minimum Gasteiger partial charge on any atom is -0.381 e. The SMILES string of the molecule is CC(C)CCC(=O)N(C(=O)NC(C)C)c1ccc(S(=O)(=O)N(C)c2ccc3c(c2)nc(C(C)(F)F)n3CC2CCOCC2)cc1. The van der Waals surface area contributed by atoms with Gasteiger partial charge in [-0.2, -0.15) is 8.78 Å². The molecule has 0 radical (unpaired) electrons.